The molecule has 0 radical (unpaired) electrons. The minimum atomic E-state index is -3.82. The quantitative estimate of drug-likeness (QED) is 0.346. The van der Waals surface area contributed by atoms with Crippen molar-refractivity contribution in [1.82, 2.24) is 10.2 Å². The number of nitrogens with one attached hydrogen (secondary N) is 1. The van der Waals surface area contributed by atoms with E-state index in [-0.39, 0.29) is 18.5 Å². The first-order valence-electron chi connectivity index (χ1n) is 12.9. The maximum atomic E-state index is 13.7. The van der Waals surface area contributed by atoms with Gasteiger partial charge in [-0.2, -0.15) is 0 Å². The molecule has 39 heavy (non-hydrogen) atoms. The van der Waals surface area contributed by atoms with Crippen LogP contribution in [0.25, 0.3) is 0 Å². The number of para-hydroxylation sites is 1. The van der Waals surface area contributed by atoms with Crippen LogP contribution in [0.3, 0.4) is 0 Å². The number of carbonyl (C=O) groups is 2. The summed E-state index contributed by atoms with van der Waals surface area (Å²) in [7, 11) is -3.82. The molecule has 0 spiro atoms. The molecule has 0 unspecified atom stereocenters. The second-order valence-electron chi connectivity index (χ2n) is 9.68. The molecule has 3 aromatic carbocycles. The van der Waals surface area contributed by atoms with Crippen molar-refractivity contribution in [2.24, 2.45) is 0 Å². The van der Waals surface area contributed by atoms with Crippen molar-refractivity contribution >= 4 is 27.5 Å². The summed E-state index contributed by atoms with van der Waals surface area (Å²) in [5.41, 5.74) is 2.19. The molecule has 0 aromatic heterocycles. The van der Waals surface area contributed by atoms with Crippen molar-refractivity contribution < 1.29 is 22.7 Å². The lowest BCUT2D eigenvalue weighted by Crippen LogP contribution is -2.52. The van der Waals surface area contributed by atoms with Crippen molar-refractivity contribution in [3.05, 3.63) is 90.0 Å². The number of ether oxygens (including phenoxy) is 1. The van der Waals surface area contributed by atoms with E-state index in [0.717, 1.165) is 28.1 Å². The minimum Gasteiger partial charge on any atom is -0.457 e. The molecule has 0 aliphatic carbocycles. The maximum absolute atomic E-state index is 13.7. The molecule has 2 amide bonds. The molecule has 2 atom stereocenters. The monoisotopic (exact) mass is 551 g/mol. The Morgan fingerprint density at radius 3 is 2.15 bits per heavy atom. The molecule has 0 saturated carbocycles. The predicted molar refractivity (Wildman–Crippen MR) is 154 cm³/mol. The highest BCUT2D eigenvalue weighted by Gasteiger charge is 2.30. The number of carbonyl (C=O) groups excluding carboxylic acids is 2. The smallest absolute Gasteiger partial charge is 0.244 e. The van der Waals surface area contributed by atoms with Gasteiger partial charge in [0.15, 0.2) is 0 Å². The largest absolute Gasteiger partial charge is 0.457 e. The molecule has 9 heteroatoms. The lowest BCUT2D eigenvalue weighted by Gasteiger charge is -2.32. The number of benzene rings is 3. The highest BCUT2D eigenvalue weighted by atomic mass is 32.2. The van der Waals surface area contributed by atoms with Crippen LogP contribution in [0.2, 0.25) is 0 Å². The van der Waals surface area contributed by atoms with Gasteiger partial charge < -0.3 is 15.0 Å². The van der Waals surface area contributed by atoms with Crippen LogP contribution >= 0.6 is 0 Å². The Bertz CT molecular complexity index is 1360. The minimum absolute atomic E-state index is 0.0555. The first kappa shape index (κ1) is 29.7. The fourth-order valence-corrected chi connectivity index (χ4v) is 4.82. The fraction of sp³-hybridized carbons (Fsp3) is 0.333. The van der Waals surface area contributed by atoms with Crippen LogP contribution in [0.4, 0.5) is 5.69 Å². The molecular formula is C30H37N3O5S. The van der Waals surface area contributed by atoms with Crippen LogP contribution in [0.1, 0.15) is 38.3 Å². The highest BCUT2D eigenvalue weighted by molar-refractivity contribution is 7.92. The van der Waals surface area contributed by atoms with E-state index in [1.54, 1.807) is 31.2 Å². The van der Waals surface area contributed by atoms with Crippen LogP contribution in [0, 0.1) is 6.92 Å². The lowest BCUT2D eigenvalue weighted by atomic mass is 10.1. The standard InChI is InChI=1S/C30H37N3O5S/c1-6-23(3)31-30(35)24(4)32(20-25-12-10-11-22(2)19-25)29(34)21-33(39(5,36)37)26-15-17-28(18-16-26)38-27-13-8-7-9-14-27/h7-19,23-24H,6,20-21H2,1-5H3,(H,31,35)/t23-,24+/m1/s1. The van der Waals surface area contributed by atoms with Crippen molar-refractivity contribution in [3.8, 4) is 11.5 Å². The Hall–Kier alpha value is -3.85. The third-order valence-electron chi connectivity index (χ3n) is 6.39. The fourth-order valence-electron chi connectivity index (χ4n) is 3.97. The van der Waals surface area contributed by atoms with Crippen molar-refractivity contribution in [2.45, 2.75) is 52.7 Å². The molecule has 8 nitrogen and oxygen atoms in total. The van der Waals surface area contributed by atoms with Gasteiger partial charge in [0.2, 0.25) is 21.8 Å². The van der Waals surface area contributed by atoms with Crippen LogP contribution < -0.4 is 14.4 Å². The van der Waals surface area contributed by atoms with Gasteiger partial charge in [-0.3, -0.25) is 13.9 Å². The van der Waals surface area contributed by atoms with Gasteiger partial charge in [0, 0.05) is 12.6 Å². The van der Waals surface area contributed by atoms with Crippen LogP contribution in [0.5, 0.6) is 11.5 Å². The van der Waals surface area contributed by atoms with E-state index in [4.69, 9.17) is 4.74 Å². The molecule has 1 N–H and O–H groups in total. The van der Waals surface area contributed by atoms with E-state index < -0.39 is 28.5 Å². The van der Waals surface area contributed by atoms with Gasteiger partial charge in [0.05, 0.1) is 11.9 Å². The van der Waals surface area contributed by atoms with Gasteiger partial charge in [0.25, 0.3) is 0 Å². The van der Waals surface area contributed by atoms with E-state index >= 15 is 0 Å². The van der Waals surface area contributed by atoms with Gasteiger partial charge >= 0.3 is 0 Å². The average molecular weight is 552 g/mol. The van der Waals surface area contributed by atoms with Crippen molar-refractivity contribution in [1.29, 1.82) is 0 Å². The zero-order valence-electron chi connectivity index (χ0n) is 23.1. The molecule has 0 saturated heterocycles. The first-order chi connectivity index (χ1) is 18.5. The van der Waals surface area contributed by atoms with E-state index in [9.17, 15) is 18.0 Å². The lowest BCUT2D eigenvalue weighted by molar-refractivity contribution is -0.139. The van der Waals surface area contributed by atoms with Gasteiger partial charge in [-0.05, 0) is 69.2 Å². The molecule has 0 fully saturated rings. The maximum Gasteiger partial charge on any atom is 0.244 e. The summed E-state index contributed by atoms with van der Waals surface area (Å²) >= 11 is 0. The first-order valence-corrected chi connectivity index (χ1v) is 14.8. The third-order valence-corrected chi connectivity index (χ3v) is 7.53. The van der Waals surface area contributed by atoms with E-state index in [1.165, 1.54) is 4.90 Å². The molecule has 3 aromatic rings. The van der Waals surface area contributed by atoms with Gasteiger partial charge in [0.1, 0.15) is 24.1 Å². The Morgan fingerprint density at radius 1 is 0.923 bits per heavy atom. The van der Waals surface area contributed by atoms with Crippen LogP contribution in [-0.2, 0) is 26.2 Å². The highest BCUT2D eigenvalue weighted by Crippen LogP contribution is 2.26. The SMILES string of the molecule is CC[C@@H](C)NC(=O)[C@H](C)N(Cc1cccc(C)c1)C(=O)CN(c1ccc(Oc2ccccc2)cc1)S(C)(=O)=O. The Balaban J connectivity index is 1.86. The van der Waals surface area contributed by atoms with Crippen LogP contribution in [-0.4, -0.2) is 50.0 Å². The number of hydrogen-bond acceptors (Lipinski definition) is 5. The summed E-state index contributed by atoms with van der Waals surface area (Å²) in [5.74, 6) is 0.398. The van der Waals surface area contributed by atoms with E-state index in [0.29, 0.717) is 17.2 Å². The predicted octanol–water partition coefficient (Wildman–Crippen LogP) is 4.89. The van der Waals surface area contributed by atoms with Gasteiger partial charge in [-0.25, -0.2) is 8.42 Å². The average Bonchev–Trinajstić information content (AvgIpc) is 2.90. The summed E-state index contributed by atoms with van der Waals surface area (Å²) in [6, 6.07) is 22.5. The van der Waals surface area contributed by atoms with Gasteiger partial charge in [-0.15, -0.1) is 0 Å². The Kier molecular flexibility index (Phi) is 10.1. The second-order valence-corrected chi connectivity index (χ2v) is 11.6. The van der Waals surface area contributed by atoms with E-state index in [1.807, 2.05) is 75.4 Å². The number of nitrogens with zero attached hydrogens (tertiary/aromatic N) is 2. The molecular weight excluding hydrogens is 514 g/mol. The molecule has 208 valence electrons. The van der Waals surface area contributed by atoms with Gasteiger partial charge in [-0.1, -0.05) is 55.0 Å². The number of anilines is 1. The molecule has 0 bridgehead atoms. The van der Waals surface area contributed by atoms with Crippen LogP contribution in [0.15, 0.2) is 78.9 Å². The Labute approximate surface area is 231 Å². The number of hydrogen-bond donors (Lipinski definition) is 1. The normalized spacial score (nSPS) is 12.7. The summed E-state index contributed by atoms with van der Waals surface area (Å²) < 4.78 is 32.5. The second kappa shape index (κ2) is 13.3. The summed E-state index contributed by atoms with van der Waals surface area (Å²) in [4.78, 5) is 28.1. The third kappa shape index (κ3) is 8.58. The molecule has 3 rings (SSSR count). The van der Waals surface area contributed by atoms with E-state index in [2.05, 4.69) is 5.32 Å². The summed E-state index contributed by atoms with van der Waals surface area (Å²) in [5, 5.41) is 2.92. The zero-order valence-corrected chi connectivity index (χ0v) is 23.9. The van der Waals surface area contributed by atoms with Crippen molar-refractivity contribution in [2.75, 3.05) is 17.1 Å². The number of rotatable bonds is 12. The zero-order chi connectivity index (χ0) is 28.6. The van der Waals surface area contributed by atoms with Crippen molar-refractivity contribution in [3.63, 3.8) is 0 Å². The number of sulfonamides is 1. The summed E-state index contributed by atoms with van der Waals surface area (Å²) in [6.07, 6.45) is 1.80. The number of aryl methyl sites for hydroxylation is 1. The molecule has 0 aliphatic rings. The Morgan fingerprint density at radius 2 is 1.56 bits per heavy atom. The topological polar surface area (TPSA) is 96.0 Å². The number of amides is 2. The molecule has 0 aliphatic heterocycles. The molecule has 0 heterocycles. The summed E-state index contributed by atoms with van der Waals surface area (Å²) in [6.45, 7) is 7.18.